The Morgan fingerprint density at radius 3 is 2.30 bits per heavy atom. The second-order valence-corrected chi connectivity index (χ2v) is 4.79. The molecule has 0 aliphatic heterocycles. The van der Waals surface area contributed by atoms with E-state index < -0.39 is 0 Å². The maximum atomic E-state index is 5.40. The third kappa shape index (κ3) is 3.05. The molecule has 0 saturated carbocycles. The zero-order chi connectivity index (χ0) is 14.5. The molecule has 106 valence electrons. The molecule has 2 rings (SSSR count). The van der Waals surface area contributed by atoms with E-state index in [9.17, 15) is 0 Å². The van der Waals surface area contributed by atoms with Gasteiger partial charge in [0.25, 0.3) is 0 Å². The van der Waals surface area contributed by atoms with Gasteiger partial charge in [-0.15, -0.1) is 0 Å². The van der Waals surface area contributed by atoms with Gasteiger partial charge in [-0.1, -0.05) is 18.2 Å². The monoisotopic (exact) mass is 271 g/mol. The molecule has 0 aliphatic carbocycles. The molecule has 0 amide bonds. The maximum Gasteiger partial charge on any atom is 0.124 e. The summed E-state index contributed by atoms with van der Waals surface area (Å²) in [5, 5.41) is 3.49. The van der Waals surface area contributed by atoms with Gasteiger partial charge >= 0.3 is 0 Å². The molecule has 1 atom stereocenters. The number of benzene rings is 2. The summed E-state index contributed by atoms with van der Waals surface area (Å²) in [6.45, 7) is 4.16. The van der Waals surface area contributed by atoms with Crippen LogP contribution in [0.3, 0.4) is 0 Å². The lowest BCUT2D eigenvalue weighted by Gasteiger charge is -2.19. The third-order valence-electron chi connectivity index (χ3n) is 3.38. The van der Waals surface area contributed by atoms with Crippen LogP contribution in [0.1, 0.15) is 24.1 Å². The summed E-state index contributed by atoms with van der Waals surface area (Å²) < 4.78 is 10.7. The first kappa shape index (κ1) is 14.3. The van der Waals surface area contributed by atoms with E-state index in [2.05, 4.69) is 24.4 Å². The third-order valence-corrected chi connectivity index (χ3v) is 3.38. The first-order valence-electron chi connectivity index (χ1n) is 6.69. The smallest absolute Gasteiger partial charge is 0.124 e. The minimum atomic E-state index is 0.166. The van der Waals surface area contributed by atoms with E-state index in [-0.39, 0.29) is 6.04 Å². The van der Waals surface area contributed by atoms with Crippen molar-refractivity contribution in [3.63, 3.8) is 0 Å². The van der Waals surface area contributed by atoms with Crippen LogP contribution in [-0.2, 0) is 0 Å². The van der Waals surface area contributed by atoms with E-state index in [4.69, 9.17) is 9.47 Å². The van der Waals surface area contributed by atoms with Crippen molar-refractivity contribution in [2.45, 2.75) is 19.9 Å². The molecule has 1 unspecified atom stereocenters. The second-order valence-electron chi connectivity index (χ2n) is 4.79. The molecule has 0 aliphatic rings. The van der Waals surface area contributed by atoms with E-state index in [1.165, 1.54) is 0 Å². The lowest BCUT2D eigenvalue weighted by atomic mass is 10.1. The van der Waals surface area contributed by atoms with Gasteiger partial charge in [0.05, 0.1) is 20.3 Å². The summed E-state index contributed by atoms with van der Waals surface area (Å²) in [5.74, 6) is 1.80. The van der Waals surface area contributed by atoms with E-state index in [0.717, 1.165) is 28.3 Å². The maximum absolute atomic E-state index is 5.40. The largest absolute Gasteiger partial charge is 0.496 e. The van der Waals surface area contributed by atoms with Gasteiger partial charge < -0.3 is 14.8 Å². The molecule has 2 aromatic carbocycles. The Morgan fingerprint density at radius 2 is 1.65 bits per heavy atom. The zero-order valence-corrected chi connectivity index (χ0v) is 12.4. The number of nitrogens with one attached hydrogen (secondary N) is 1. The first-order valence-corrected chi connectivity index (χ1v) is 6.69. The van der Waals surface area contributed by atoms with E-state index in [1.807, 2.05) is 37.3 Å². The SMILES string of the molecule is COc1ccc(NC(C)c2ccccc2OC)cc1C. The zero-order valence-electron chi connectivity index (χ0n) is 12.4. The number of aryl methyl sites for hydroxylation is 1. The first-order chi connectivity index (χ1) is 9.65. The van der Waals surface area contributed by atoms with Gasteiger partial charge in [0.1, 0.15) is 11.5 Å². The molecular weight excluding hydrogens is 250 g/mol. The summed E-state index contributed by atoms with van der Waals surface area (Å²) in [5.41, 5.74) is 3.33. The molecule has 3 nitrogen and oxygen atoms in total. The number of hydrogen-bond donors (Lipinski definition) is 1. The van der Waals surface area contributed by atoms with Gasteiger partial charge in [-0.25, -0.2) is 0 Å². The minimum absolute atomic E-state index is 0.166. The molecule has 0 fully saturated rings. The molecule has 0 radical (unpaired) electrons. The number of hydrogen-bond acceptors (Lipinski definition) is 3. The number of ether oxygens (including phenoxy) is 2. The predicted molar refractivity (Wildman–Crippen MR) is 82.8 cm³/mol. The quantitative estimate of drug-likeness (QED) is 0.884. The Hall–Kier alpha value is -2.16. The highest BCUT2D eigenvalue weighted by atomic mass is 16.5. The molecule has 2 aromatic rings. The van der Waals surface area contributed by atoms with Crippen molar-refractivity contribution in [1.29, 1.82) is 0 Å². The number of methoxy groups -OCH3 is 2. The van der Waals surface area contributed by atoms with Gasteiger partial charge in [0, 0.05) is 11.3 Å². The van der Waals surface area contributed by atoms with Crippen LogP contribution in [0.15, 0.2) is 42.5 Å². The lowest BCUT2D eigenvalue weighted by Crippen LogP contribution is -2.08. The Morgan fingerprint density at radius 1 is 0.950 bits per heavy atom. The van der Waals surface area contributed by atoms with Crippen molar-refractivity contribution >= 4 is 5.69 Å². The molecule has 20 heavy (non-hydrogen) atoms. The van der Waals surface area contributed by atoms with Crippen molar-refractivity contribution in [3.05, 3.63) is 53.6 Å². The summed E-state index contributed by atoms with van der Waals surface area (Å²) in [6, 6.07) is 14.3. The van der Waals surface area contributed by atoms with Gasteiger partial charge in [-0.2, -0.15) is 0 Å². The second kappa shape index (κ2) is 6.33. The number of para-hydroxylation sites is 1. The summed E-state index contributed by atoms with van der Waals surface area (Å²) in [4.78, 5) is 0. The molecule has 3 heteroatoms. The van der Waals surface area contributed by atoms with Crippen molar-refractivity contribution in [2.75, 3.05) is 19.5 Å². The van der Waals surface area contributed by atoms with Crippen LogP contribution in [-0.4, -0.2) is 14.2 Å². The normalized spacial score (nSPS) is 11.8. The summed E-state index contributed by atoms with van der Waals surface area (Å²) in [7, 11) is 3.38. The Bertz CT molecular complexity index is 581. The highest BCUT2D eigenvalue weighted by Gasteiger charge is 2.11. The molecular formula is C17H21NO2. The summed E-state index contributed by atoms with van der Waals surface area (Å²) in [6.07, 6.45) is 0. The Kier molecular flexibility index (Phi) is 4.51. The molecule has 1 N–H and O–H groups in total. The van der Waals surface area contributed by atoms with Crippen LogP contribution in [0, 0.1) is 6.92 Å². The average molecular weight is 271 g/mol. The van der Waals surface area contributed by atoms with E-state index in [0.29, 0.717) is 0 Å². The van der Waals surface area contributed by atoms with Crippen LogP contribution in [0.4, 0.5) is 5.69 Å². The van der Waals surface area contributed by atoms with Gasteiger partial charge in [-0.3, -0.25) is 0 Å². The van der Waals surface area contributed by atoms with Gasteiger partial charge in [-0.05, 0) is 43.7 Å². The van der Waals surface area contributed by atoms with Gasteiger partial charge in [0.2, 0.25) is 0 Å². The van der Waals surface area contributed by atoms with Crippen LogP contribution in [0.5, 0.6) is 11.5 Å². The fourth-order valence-corrected chi connectivity index (χ4v) is 2.32. The van der Waals surface area contributed by atoms with Crippen molar-refractivity contribution in [3.8, 4) is 11.5 Å². The summed E-state index contributed by atoms with van der Waals surface area (Å²) >= 11 is 0. The molecule has 0 saturated heterocycles. The van der Waals surface area contributed by atoms with Crippen molar-refractivity contribution in [2.24, 2.45) is 0 Å². The van der Waals surface area contributed by atoms with Crippen LogP contribution >= 0.6 is 0 Å². The fraction of sp³-hybridized carbons (Fsp3) is 0.294. The Balaban J connectivity index is 2.19. The van der Waals surface area contributed by atoms with Gasteiger partial charge in [0.15, 0.2) is 0 Å². The molecule has 0 aromatic heterocycles. The Labute approximate surface area is 120 Å². The van der Waals surface area contributed by atoms with Crippen LogP contribution < -0.4 is 14.8 Å². The standard InChI is InChI=1S/C17H21NO2/c1-12-11-14(9-10-16(12)19-3)18-13(2)15-7-5-6-8-17(15)20-4/h5-11,13,18H,1-4H3. The van der Waals surface area contributed by atoms with E-state index in [1.54, 1.807) is 14.2 Å². The topological polar surface area (TPSA) is 30.5 Å². The number of anilines is 1. The number of rotatable bonds is 5. The predicted octanol–water partition coefficient (Wildman–Crippen LogP) is 4.19. The molecule has 0 heterocycles. The average Bonchev–Trinajstić information content (AvgIpc) is 2.47. The highest BCUT2D eigenvalue weighted by Crippen LogP contribution is 2.29. The van der Waals surface area contributed by atoms with Crippen molar-refractivity contribution in [1.82, 2.24) is 0 Å². The van der Waals surface area contributed by atoms with Crippen LogP contribution in [0.2, 0.25) is 0 Å². The van der Waals surface area contributed by atoms with Crippen molar-refractivity contribution < 1.29 is 9.47 Å². The highest BCUT2D eigenvalue weighted by molar-refractivity contribution is 5.53. The molecule has 0 spiro atoms. The van der Waals surface area contributed by atoms with Crippen LogP contribution in [0.25, 0.3) is 0 Å². The fourth-order valence-electron chi connectivity index (χ4n) is 2.32. The lowest BCUT2D eigenvalue weighted by molar-refractivity contribution is 0.408. The molecule has 0 bridgehead atoms. The van der Waals surface area contributed by atoms with E-state index >= 15 is 0 Å². The minimum Gasteiger partial charge on any atom is -0.496 e.